The highest BCUT2D eigenvalue weighted by Crippen LogP contribution is 2.34. The summed E-state index contributed by atoms with van der Waals surface area (Å²) >= 11 is 1.45. The van der Waals surface area contributed by atoms with Gasteiger partial charge in [0.2, 0.25) is 5.89 Å². The number of likely N-dealkylation sites (tertiary alicyclic amines) is 1. The van der Waals surface area contributed by atoms with Crippen LogP contribution in [0.15, 0.2) is 34.2 Å². The lowest BCUT2D eigenvalue weighted by molar-refractivity contribution is 0.0567. The van der Waals surface area contributed by atoms with Crippen LogP contribution in [0.4, 0.5) is 4.39 Å². The Bertz CT molecular complexity index is 1200. The summed E-state index contributed by atoms with van der Waals surface area (Å²) in [6.07, 6.45) is 2.64. The van der Waals surface area contributed by atoms with Gasteiger partial charge in [-0.2, -0.15) is 0 Å². The Morgan fingerprint density at radius 1 is 1.31 bits per heavy atom. The fourth-order valence-corrected chi connectivity index (χ4v) is 4.50. The molecule has 3 aromatic heterocycles. The molecule has 0 radical (unpaired) electrons. The molecular formula is C20H18FN5O2S. The quantitative estimate of drug-likeness (QED) is 0.537. The number of benzene rings is 1. The third-order valence-electron chi connectivity index (χ3n) is 5.24. The van der Waals surface area contributed by atoms with Gasteiger partial charge in [0.05, 0.1) is 11.2 Å². The van der Waals surface area contributed by atoms with Gasteiger partial charge >= 0.3 is 0 Å². The average Bonchev–Trinajstić information content (AvgIpc) is 3.46. The molecule has 7 nitrogen and oxygen atoms in total. The van der Waals surface area contributed by atoms with Crippen LogP contribution in [0.5, 0.6) is 0 Å². The Kier molecular flexibility index (Phi) is 4.39. The number of fused-ring (bicyclic) bond motifs is 1. The fraction of sp³-hybridized carbons (Fsp3) is 0.300. The van der Waals surface area contributed by atoms with Gasteiger partial charge in [-0.1, -0.05) is 0 Å². The molecular weight excluding hydrogens is 393 g/mol. The van der Waals surface area contributed by atoms with Gasteiger partial charge in [0.25, 0.3) is 11.8 Å². The van der Waals surface area contributed by atoms with Gasteiger partial charge in [-0.15, -0.1) is 21.5 Å². The van der Waals surface area contributed by atoms with Crippen LogP contribution < -0.4 is 0 Å². The van der Waals surface area contributed by atoms with Gasteiger partial charge in [0.1, 0.15) is 22.4 Å². The second-order valence-electron chi connectivity index (χ2n) is 7.14. The standard InChI is InChI=1S/C20H18FN5O2S/c1-11-17(29-10-22-11)19-25-24-18(28-19)16-4-2-3-7-26(16)20(27)15-9-12-8-13(21)5-6-14(12)23-15/h5-6,8-10,16,23H,2-4,7H2,1H3/t16-/m0/s1. The van der Waals surface area contributed by atoms with Gasteiger partial charge in [-0.25, -0.2) is 9.37 Å². The molecule has 1 fully saturated rings. The molecule has 1 aliphatic heterocycles. The topological polar surface area (TPSA) is 87.9 Å². The lowest BCUT2D eigenvalue weighted by Crippen LogP contribution is -2.38. The number of halogens is 1. The summed E-state index contributed by atoms with van der Waals surface area (Å²) in [5, 5.41) is 9.07. The molecule has 0 unspecified atom stereocenters. The van der Waals surface area contributed by atoms with Crippen molar-refractivity contribution in [1.82, 2.24) is 25.1 Å². The summed E-state index contributed by atoms with van der Waals surface area (Å²) in [6.45, 7) is 2.50. The lowest BCUT2D eigenvalue weighted by atomic mass is 10.0. The molecule has 0 bridgehead atoms. The zero-order valence-corrected chi connectivity index (χ0v) is 16.5. The van der Waals surface area contributed by atoms with Crippen molar-refractivity contribution in [3.63, 3.8) is 0 Å². The molecule has 4 aromatic rings. The van der Waals surface area contributed by atoms with Gasteiger partial charge in [0.15, 0.2) is 0 Å². The first-order chi connectivity index (χ1) is 14.1. The highest BCUT2D eigenvalue weighted by atomic mass is 32.1. The van der Waals surface area contributed by atoms with E-state index in [1.54, 1.807) is 22.5 Å². The third-order valence-corrected chi connectivity index (χ3v) is 6.16. The van der Waals surface area contributed by atoms with Crippen molar-refractivity contribution < 1.29 is 13.6 Å². The molecule has 9 heteroatoms. The number of hydrogen-bond donors (Lipinski definition) is 1. The monoisotopic (exact) mass is 411 g/mol. The van der Waals surface area contributed by atoms with Crippen molar-refractivity contribution in [2.75, 3.05) is 6.54 Å². The van der Waals surface area contributed by atoms with E-state index >= 15 is 0 Å². The Labute approximate surface area is 169 Å². The average molecular weight is 411 g/mol. The molecule has 1 atom stereocenters. The second kappa shape index (κ2) is 7.07. The molecule has 1 amide bonds. The van der Waals surface area contributed by atoms with E-state index in [1.807, 2.05) is 6.92 Å². The number of thiazole rings is 1. The van der Waals surface area contributed by atoms with Crippen LogP contribution in [0.25, 0.3) is 21.7 Å². The Balaban J connectivity index is 1.46. The van der Waals surface area contributed by atoms with Crippen molar-refractivity contribution in [3.8, 4) is 10.8 Å². The van der Waals surface area contributed by atoms with Crippen LogP contribution in [0.3, 0.4) is 0 Å². The number of rotatable bonds is 3. The SMILES string of the molecule is Cc1ncsc1-c1nnc([C@@H]2CCCCN2C(=O)c2cc3cc(F)ccc3[nH]2)o1. The van der Waals surface area contributed by atoms with Crippen molar-refractivity contribution in [1.29, 1.82) is 0 Å². The fourth-order valence-electron chi connectivity index (χ4n) is 3.77. The first-order valence-corrected chi connectivity index (χ1v) is 10.3. The number of H-pyrrole nitrogens is 1. The van der Waals surface area contributed by atoms with Crippen molar-refractivity contribution in [3.05, 3.63) is 52.9 Å². The summed E-state index contributed by atoms with van der Waals surface area (Å²) in [4.78, 5) is 23.2. The molecule has 1 aliphatic rings. The molecule has 4 heterocycles. The lowest BCUT2D eigenvalue weighted by Gasteiger charge is -2.33. The highest BCUT2D eigenvalue weighted by molar-refractivity contribution is 7.13. The number of carbonyl (C=O) groups excluding carboxylic acids is 1. The van der Waals surface area contributed by atoms with Crippen LogP contribution in [-0.4, -0.2) is 37.5 Å². The maximum atomic E-state index is 13.5. The number of nitrogens with zero attached hydrogens (tertiary/aromatic N) is 4. The molecule has 0 spiro atoms. The third kappa shape index (κ3) is 3.21. The molecule has 5 rings (SSSR count). The van der Waals surface area contributed by atoms with E-state index in [1.165, 1.54) is 23.5 Å². The first kappa shape index (κ1) is 18.0. The molecule has 0 saturated carbocycles. The molecule has 1 N–H and O–H groups in total. The maximum absolute atomic E-state index is 13.5. The molecule has 1 aromatic carbocycles. The summed E-state index contributed by atoms with van der Waals surface area (Å²) < 4.78 is 19.4. The predicted molar refractivity (Wildman–Crippen MR) is 106 cm³/mol. The van der Waals surface area contributed by atoms with E-state index in [-0.39, 0.29) is 17.8 Å². The predicted octanol–water partition coefficient (Wildman–Crippen LogP) is 4.49. The van der Waals surface area contributed by atoms with E-state index in [0.29, 0.717) is 29.4 Å². The second-order valence-corrected chi connectivity index (χ2v) is 7.99. The van der Waals surface area contributed by atoms with E-state index in [4.69, 9.17) is 4.42 Å². The Morgan fingerprint density at radius 3 is 3.03 bits per heavy atom. The van der Waals surface area contributed by atoms with E-state index in [9.17, 15) is 9.18 Å². The zero-order chi connectivity index (χ0) is 20.0. The van der Waals surface area contributed by atoms with Crippen LogP contribution in [-0.2, 0) is 0 Å². The van der Waals surface area contributed by atoms with E-state index in [2.05, 4.69) is 20.2 Å². The molecule has 0 aliphatic carbocycles. The first-order valence-electron chi connectivity index (χ1n) is 9.43. The number of piperidine rings is 1. The zero-order valence-electron chi connectivity index (χ0n) is 15.7. The number of nitrogens with one attached hydrogen (secondary N) is 1. The smallest absolute Gasteiger partial charge is 0.270 e. The minimum Gasteiger partial charge on any atom is -0.418 e. The Morgan fingerprint density at radius 2 is 2.21 bits per heavy atom. The number of aromatic nitrogens is 4. The van der Waals surface area contributed by atoms with Crippen LogP contribution in [0, 0.1) is 12.7 Å². The summed E-state index contributed by atoms with van der Waals surface area (Å²) in [6, 6.07) is 5.83. The van der Waals surface area contributed by atoms with Crippen molar-refractivity contribution >= 4 is 28.1 Å². The molecule has 1 saturated heterocycles. The van der Waals surface area contributed by atoms with Gasteiger partial charge in [-0.05, 0) is 50.5 Å². The minimum absolute atomic E-state index is 0.153. The number of hydrogen-bond acceptors (Lipinski definition) is 6. The normalized spacial score (nSPS) is 17.2. The summed E-state index contributed by atoms with van der Waals surface area (Å²) in [5.41, 5.74) is 3.73. The summed E-state index contributed by atoms with van der Waals surface area (Å²) in [7, 11) is 0. The number of aryl methyl sites for hydroxylation is 1. The van der Waals surface area contributed by atoms with Crippen LogP contribution >= 0.6 is 11.3 Å². The molecule has 29 heavy (non-hydrogen) atoms. The van der Waals surface area contributed by atoms with Crippen LogP contribution in [0.1, 0.15) is 47.4 Å². The number of aromatic amines is 1. The maximum Gasteiger partial charge on any atom is 0.270 e. The minimum atomic E-state index is -0.330. The largest absolute Gasteiger partial charge is 0.418 e. The van der Waals surface area contributed by atoms with Crippen molar-refractivity contribution in [2.24, 2.45) is 0 Å². The van der Waals surface area contributed by atoms with E-state index in [0.717, 1.165) is 35.4 Å². The van der Waals surface area contributed by atoms with Crippen molar-refractivity contribution in [2.45, 2.75) is 32.2 Å². The van der Waals surface area contributed by atoms with Gasteiger partial charge < -0.3 is 14.3 Å². The summed E-state index contributed by atoms with van der Waals surface area (Å²) in [5.74, 6) is 0.380. The number of carbonyl (C=O) groups is 1. The molecule has 148 valence electrons. The van der Waals surface area contributed by atoms with Gasteiger partial charge in [0, 0.05) is 17.4 Å². The van der Waals surface area contributed by atoms with Crippen LogP contribution in [0.2, 0.25) is 0 Å². The van der Waals surface area contributed by atoms with Gasteiger partial charge in [-0.3, -0.25) is 4.79 Å². The Hall–Kier alpha value is -3.07. The number of amides is 1. The van der Waals surface area contributed by atoms with E-state index < -0.39 is 0 Å². The highest BCUT2D eigenvalue weighted by Gasteiger charge is 2.33.